The quantitative estimate of drug-likeness (QED) is 0.401. The van der Waals surface area contributed by atoms with Gasteiger partial charge in [0.1, 0.15) is 5.92 Å². The molecule has 0 aromatic heterocycles. The van der Waals surface area contributed by atoms with Gasteiger partial charge in [0.15, 0.2) is 0 Å². The van der Waals surface area contributed by atoms with Gasteiger partial charge in [-0.1, -0.05) is 0 Å². The first-order valence-electron chi connectivity index (χ1n) is 3.87. The van der Waals surface area contributed by atoms with Crippen molar-refractivity contribution in [2.45, 2.75) is 0 Å². The van der Waals surface area contributed by atoms with Crippen LogP contribution in [0.25, 0.3) is 0 Å². The number of carbonyl (C=O) groups is 2. The van der Waals surface area contributed by atoms with E-state index in [4.69, 9.17) is 16.6 Å². The zero-order valence-corrected chi connectivity index (χ0v) is 7.56. The Morgan fingerprint density at radius 2 is 1.85 bits per heavy atom. The topological polar surface area (TPSA) is 110 Å². The second-order valence-electron chi connectivity index (χ2n) is 2.84. The van der Waals surface area contributed by atoms with Crippen LogP contribution in [0.1, 0.15) is 0 Å². The molecule has 13 heavy (non-hydrogen) atoms. The first kappa shape index (κ1) is 11.9. The fourth-order valence-corrected chi connectivity index (χ4v) is 0.894. The molecular weight excluding hydrogens is 174 g/mol. The Kier molecular flexibility index (Phi) is 5.01. The van der Waals surface area contributed by atoms with Crippen molar-refractivity contribution >= 4 is 11.8 Å². The van der Waals surface area contributed by atoms with Crippen molar-refractivity contribution in [2.75, 3.05) is 26.7 Å². The molecule has 5 N–H and O–H groups in total. The van der Waals surface area contributed by atoms with E-state index in [-0.39, 0.29) is 13.2 Å². The maximum absolute atomic E-state index is 10.7. The first-order chi connectivity index (χ1) is 5.99. The van der Waals surface area contributed by atoms with Gasteiger partial charge >= 0.3 is 0 Å². The second kappa shape index (κ2) is 5.50. The summed E-state index contributed by atoms with van der Waals surface area (Å²) in [5.74, 6) is -2.47. The Morgan fingerprint density at radius 1 is 1.38 bits per heavy atom. The van der Waals surface area contributed by atoms with Crippen molar-refractivity contribution in [3.8, 4) is 0 Å². The van der Waals surface area contributed by atoms with Gasteiger partial charge in [-0.25, -0.2) is 0 Å². The lowest BCUT2D eigenvalue weighted by Gasteiger charge is -2.18. The lowest BCUT2D eigenvalue weighted by Crippen LogP contribution is -2.43. The summed E-state index contributed by atoms with van der Waals surface area (Å²) in [6.45, 7) is 0.475. The van der Waals surface area contributed by atoms with E-state index in [1.54, 1.807) is 11.9 Å². The molecule has 0 aliphatic heterocycles. The highest BCUT2D eigenvalue weighted by molar-refractivity contribution is 5.99. The number of primary amides is 2. The highest BCUT2D eigenvalue weighted by Crippen LogP contribution is 1.97. The molecule has 0 rings (SSSR count). The van der Waals surface area contributed by atoms with Crippen LogP contribution in [0.5, 0.6) is 0 Å². The van der Waals surface area contributed by atoms with Gasteiger partial charge < -0.3 is 21.5 Å². The first-order valence-corrected chi connectivity index (χ1v) is 3.87. The van der Waals surface area contributed by atoms with Crippen molar-refractivity contribution in [1.29, 1.82) is 0 Å². The summed E-state index contributed by atoms with van der Waals surface area (Å²) in [5, 5.41) is 8.55. The molecular formula is C7H15N3O3. The minimum absolute atomic E-state index is 0.0409. The summed E-state index contributed by atoms with van der Waals surface area (Å²) < 4.78 is 0. The third-order valence-corrected chi connectivity index (χ3v) is 1.66. The number of rotatable bonds is 6. The fourth-order valence-electron chi connectivity index (χ4n) is 0.894. The number of likely N-dealkylation sites (N-methyl/N-ethyl adjacent to an activating group) is 1. The number of hydrogen-bond acceptors (Lipinski definition) is 4. The van der Waals surface area contributed by atoms with Gasteiger partial charge in [0.25, 0.3) is 0 Å². The SMILES string of the molecule is CN(CCO)CC(C(N)=O)C(N)=O. The molecule has 0 saturated carbocycles. The molecule has 0 aromatic carbocycles. The Labute approximate surface area is 76.5 Å². The lowest BCUT2D eigenvalue weighted by atomic mass is 10.1. The maximum Gasteiger partial charge on any atom is 0.231 e. The predicted molar refractivity (Wildman–Crippen MR) is 46.5 cm³/mol. The third kappa shape index (κ3) is 4.44. The molecule has 0 radical (unpaired) electrons. The van der Waals surface area contributed by atoms with Crippen LogP contribution < -0.4 is 11.5 Å². The minimum Gasteiger partial charge on any atom is -0.395 e. The monoisotopic (exact) mass is 189 g/mol. The Bertz CT molecular complexity index is 181. The van der Waals surface area contributed by atoms with Crippen LogP contribution in [-0.2, 0) is 9.59 Å². The standard InChI is InChI=1S/C7H15N3O3/c1-10(2-3-11)4-5(6(8)12)7(9)13/h5,11H,2-4H2,1H3,(H2,8,12)(H2,9,13). The van der Waals surface area contributed by atoms with Crippen LogP contribution in [0.2, 0.25) is 0 Å². The number of amides is 2. The molecule has 6 nitrogen and oxygen atoms in total. The van der Waals surface area contributed by atoms with Gasteiger partial charge in [0.05, 0.1) is 6.61 Å². The van der Waals surface area contributed by atoms with E-state index < -0.39 is 17.7 Å². The molecule has 0 heterocycles. The molecule has 0 aromatic rings. The average Bonchev–Trinajstić information content (AvgIpc) is 1.99. The van der Waals surface area contributed by atoms with Gasteiger partial charge in [-0.05, 0) is 7.05 Å². The van der Waals surface area contributed by atoms with Crippen molar-refractivity contribution in [1.82, 2.24) is 4.90 Å². The van der Waals surface area contributed by atoms with E-state index >= 15 is 0 Å². The van der Waals surface area contributed by atoms with E-state index in [0.717, 1.165) is 0 Å². The molecule has 0 aliphatic carbocycles. The largest absolute Gasteiger partial charge is 0.395 e. The third-order valence-electron chi connectivity index (χ3n) is 1.66. The Balaban J connectivity index is 4.10. The number of carbonyl (C=O) groups excluding carboxylic acids is 2. The zero-order chi connectivity index (χ0) is 10.4. The van der Waals surface area contributed by atoms with Gasteiger partial charge in [-0.15, -0.1) is 0 Å². The van der Waals surface area contributed by atoms with Gasteiger partial charge in [-0.3, -0.25) is 9.59 Å². The molecule has 0 unspecified atom stereocenters. The predicted octanol–water partition coefficient (Wildman–Crippen LogP) is -2.50. The highest BCUT2D eigenvalue weighted by Gasteiger charge is 2.22. The molecule has 0 spiro atoms. The van der Waals surface area contributed by atoms with Gasteiger partial charge in [0, 0.05) is 13.1 Å². The van der Waals surface area contributed by atoms with E-state index in [2.05, 4.69) is 0 Å². The molecule has 0 aliphatic rings. The van der Waals surface area contributed by atoms with Crippen molar-refractivity contribution in [2.24, 2.45) is 17.4 Å². The maximum atomic E-state index is 10.7. The number of nitrogens with two attached hydrogens (primary N) is 2. The number of aliphatic hydroxyl groups excluding tert-OH is 1. The molecule has 0 saturated heterocycles. The average molecular weight is 189 g/mol. The van der Waals surface area contributed by atoms with E-state index in [1.807, 2.05) is 0 Å². The van der Waals surface area contributed by atoms with E-state index in [1.165, 1.54) is 0 Å². The van der Waals surface area contributed by atoms with Crippen LogP contribution in [0.4, 0.5) is 0 Å². The zero-order valence-electron chi connectivity index (χ0n) is 7.56. The molecule has 6 heteroatoms. The number of hydrogen-bond donors (Lipinski definition) is 3. The van der Waals surface area contributed by atoms with E-state index in [0.29, 0.717) is 6.54 Å². The molecule has 0 atom stereocenters. The molecule has 0 fully saturated rings. The van der Waals surface area contributed by atoms with Crippen LogP contribution in [0, 0.1) is 5.92 Å². The van der Waals surface area contributed by atoms with Crippen LogP contribution in [0.15, 0.2) is 0 Å². The normalized spacial score (nSPS) is 10.8. The van der Waals surface area contributed by atoms with Crippen molar-refractivity contribution in [3.05, 3.63) is 0 Å². The number of aliphatic hydroxyl groups is 1. The van der Waals surface area contributed by atoms with Crippen LogP contribution in [0.3, 0.4) is 0 Å². The van der Waals surface area contributed by atoms with Crippen molar-refractivity contribution < 1.29 is 14.7 Å². The number of nitrogens with zero attached hydrogens (tertiary/aromatic N) is 1. The van der Waals surface area contributed by atoms with E-state index in [9.17, 15) is 9.59 Å². The summed E-state index contributed by atoms with van der Waals surface area (Å²) in [7, 11) is 1.66. The van der Waals surface area contributed by atoms with Gasteiger partial charge in [0.2, 0.25) is 11.8 Å². The Hall–Kier alpha value is -1.14. The lowest BCUT2D eigenvalue weighted by molar-refractivity contribution is -0.132. The summed E-state index contributed by atoms with van der Waals surface area (Å²) in [6.07, 6.45) is 0. The van der Waals surface area contributed by atoms with Crippen LogP contribution >= 0.6 is 0 Å². The molecule has 0 bridgehead atoms. The molecule has 76 valence electrons. The summed E-state index contributed by atoms with van der Waals surface area (Å²) in [4.78, 5) is 23.0. The Morgan fingerprint density at radius 3 is 2.15 bits per heavy atom. The second-order valence-corrected chi connectivity index (χ2v) is 2.84. The fraction of sp³-hybridized carbons (Fsp3) is 0.714. The summed E-state index contributed by atoms with van der Waals surface area (Å²) >= 11 is 0. The summed E-state index contributed by atoms with van der Waals surface area (Å²) in [5.41, 5.74) is 9.91. The minimum atomic E-state index is -0.989. The molecule has 2 amide bonds. The van der Waals surface area contributed by atoms with Crippen molar-refractivity contribution in [3.63, 3.8) is 0 Å². The summed E-state index contributed by atoms with van der Waals surface area (Å²) in [6, 6.07) is 0. The van der Waals surface area contributed by atoms with Gasteiger partial charge in [-0.2, -0.15) is 0 Å². The van der Waals surface area contributed by atoms with Crippen LogP contribution in [-0.4, -0.2) is 48.6 Å². The smallest absolute Gasteiger partial charge is 0.231 e. The highest BCUT2D eigenvalue weighted by atomic mass is 16.3.